The maximum absolute atomic E-state index is 7.07. The van der Waals surface area contributed by atoms with Crippen molar-refractivity contribution >= 4 is 17.7 Å². The van der Waals surface area contributed by atoms with Gasteiger partial charge in [-0.25, -0.2) is 4.98 Å². The summed E-state index contributed by atoms with van der Waals surface area (Å²) in [5, 5.41) is 0.672. The highest BCUT2D eigenvalue weighted by Gasteiger charge is 2.23. The molecule has 1 atom stereocenters. The van der Waals surface area contributed by atoms with Crippen LogP contribution >= 0.6 is 11.6 Å². The van der Waals surface area contributed by atoms with E-state index in [1.807, 2.05) is 24.4 Å². The number of hydrogen-bond acceptors (Lipinski definition) is 3. The highest BCUT2D eigenvalue weighted by Crippen LogP contribution is 2.41. The predicted molar refractivity (Wildman–Crippen MR) is 151 cm³/mol. The average Bonchev–Trinajstić information content (AvgIpc) is 3.28. The van der Waals surface area contributed by atoms with Crippen LogP contribution in [0.25, 0.3) is 39.7 Å². The smallest absolute Gasteiger partial charge is 0.0903 e. The molecule has 0 spiro atoms. The molecule has 0 amide bonds. The monoisotopic (exact) mass is 493 g/mol. The van der Waals surface area contributed by atoms with E-state index in [2.05, 4.69) is 69.6 Å². The lowest BCUT2D eigenvalue weighted by Gasteiger charge is -2.17. The highest BCUT2D eigenvalue weighted by atomic mass is 35.5. The van der Waals surface area contributed by atoms with Gasteiger partial charge in [-0.15, -0.1) is 0 Å². The molecular weight excluding hydrogens is 462 g/mol. The van der Waals surface area contributed by atoms with Crippen molar-refractivity contribution in [3.8, 4) is 33.6 Å². The lowest BCUT2D eigenvalue weighted by Crippen LogP contribution is -2.01. The van der Waals surface area contributed by atoms with Gasteiger partial charge in [-0.2, -0.15) is 0 Å². The summed E-state index contributed by atoms with van der Waals surface area (Å²) in [4.78, 5) is 14.6. The molecule has 0 aliphatic heterocycles. The quantitative estimate of drug-likeness (QED) is 0.269. The summed E-state index contributed by atoms with van der Waals surface area (Å²) in [5.41, 5.74) is 12.8. The number of pyridine rings is 1. The minimum absolute atomic E-state index is 0.580. The topological polar surface area (TPSA) is 38.7 Å². The number of aryl methyl sites for hydroxylation is 4. The van der Waals surface area contributed by atoms with Crippen LogP contribution < -0.4 is 0 Å². The van der Waals surface area contributed by atoms with Crippen molar-refractivity contribution in [3.05, 3.63) is 94.0 Å². The fourth-order valence-electron chi connectivity index (χ4n) is 5.62. The zero-order chi connectivity index (χ0) is 25.4. The minimum atomic E-state index is 0.580. The zero-order valence-electron chi connectivity index (χ0n) is 21.5. The molecule has 3 nitrogen and oxygen atoms in total. The maximum atomic E-state index is 7.07. The number of fused-ring (bicyclic) bond motifs is 1. The standard InChI is InChI=1S/C32H32ClN3/c1-6-22-23(11-9-12-24(22)29-17-21-16-15-19(4)31(21)20(5)35-29)25-13-10-14-26(32(25)33)30-18-34-27(7-2)28(8-3)36-30/h6,9-14,17-19H,1,7-8,15-16H2,2-5H3. The highest BCUT2D eigenvalue weighted by molar-refractivity contribution is 6.36. The van der Waals surface area contributed by atoms with Crippen LogP contribution in [-0.2, 0) is 19.3 Å². The van der Waals surface area contributed by atoms with Crippen LogP contribution in [0.5, 0.6) is 0 Å². The van der Waals surface area contributed by atoms with Gasteiger partial charge in [0, 0.05) is 22.4 Å². The molecule has 36 heavy (non-hydrogen) atoms. The van der Waals surface area contributed by atoms with Gasteiger partial charge in [-0.3, -0.25) is 9.97 Å². The molecule has 0 saturated heterocycles. The Kier molecular flexibility index (Phi) is 6.77. The summed E-state index contributed by atoms with van der Waals surface area (Å²) in [6.45, 7) is 12.8. The van der Waals surface area contributed by atoms with Crippen LogP contribution in [0.3, 0.4) is 0 Å². The van der Waals surface area contributed by atoms with E-state index in [-0.39, 0.29) is 0 Å². The Hall–Kier alpha value is -3.30. The molecule has 2 aromatic carbocycles. The Bertz CT molecular complexity index is 1470. The van der Waals surface area contributed by atoms with Gasteiger partial charge in [0.25, 0.3) is 0 Å². The molecular formula is C32H32ClN3. The Morgan fingerprint density at radius 2 is 1.64 bits per heavy atom. The third-order valence-corrected chi connectivity index (χ3v) is 7.83. The van der Waals surface area contributed by atoms with Crippen molar-refractivity contribution in [1.82, 2.24) is 15.0 Å². The van der Waals surface area contributed by atoms with E-state index in [9.17, 15) is 0 Å². The third kappa shape index (κ3) is 4.16. The third-order valence-electron chi connectivity index (χ3n) is 7.43. The second kappa shape index (κ2) is 9.99. The van der Waals surface area contributed by atoms with Crippen LogP contribution in [0.4, 0.5) is 0 Å². The molecule has 0 radical (unpaired) electrons. The Morgan fingerprint density at radius 3 is 2.36 bits per heavy atom. The largest absolute Gasteiger partial charge is 0.257 e. The van der Waals surface area contributed by atoms with Crippen molar-refractivity contribution < 1.29 is 0 Å². The molecule has 0 bridgehead atoms. The van der Waals surface area contributed by atoms with E-state index in [1.165, 1.54) is 17.5 Å². The lowest BCUT2D eigenvalue weighted by molar-refractivity contribution is 0.741. The molecule has 2 heterocycles. The van der Waals surface area contributed by atoms with Crippen molar-refractivity contribution in [3.63, 3.8) is 0 Å². The number of halogens is 1. The van der Waals surface area contributed by atoms with Gasteiger partial charge in [0.05, 0.1) is 34.0 Å². The number of rotatable bonds is 6. The van der Waals surface area contributed by atoms with Crippen LogP contribution in [0.1, 0.15) is 66.9 Å². The number of aromatic nitrogens is 3. The number of hydrogen-bond donors (Lipinski definition) is 0. The normalized spacial score (nSPS) is 14.6. The fraction of sp³-hybridized carbons (Fsp3) is 0.281. The lowest BCUT2D eigenvalue weighted by atomic mass is 9.91. The van der Waals surface area contributed by atoms with Gasteiger partial charge in [0.15, 0.2) is 0 Å². The first-order valence-electron chi connectivity index (χ1n) is 12.9. The summed E-state index contributed by atoms with van der Waals surface area (Å²) in [6, 6.07) is 14.7. The number of nitrogens with zero attached hydrogens (tertiary/aromatic N) is 3. The first-order chi connectivity index (χ1) is 17.5. The van der Waals surface area contributed by atoms with Crippen molar-refractivity contribution in [2.24, 2.45) is 0 Å². The molecule has 0 fully saturated rings. The summed E-state index contributed by atoms with van der Waals surface area (Å²) in [5.74, 6) is 0.580. The van der Waals surface area contributed by atoms with Crippen molar-refractivity contribution in [2.45, 2.75) is 59.3 Å². The Balaban J connectivity index is 1.64. The van der Waals surface area contributed by atoms with E-state index in [0.29, 0.717) is 10.9 Å². The summed E-state index contributed by atoms with van der Waals surface area (Å²) >= 11 is 7.07. The summed E-state index contributed by atoms with van der Waals surface area (Å²) < 4.78 is 0. The minimum Gasteiger partial charge on any atom is -0.257 e. The van der Waals surface area contributed by atoms with Crippen molar-refractivity contribution in [2.75, 3.05) is 0 Å². The molecule has 1 unspecified atom stereocenters. The average molecular weight is 494 g/mol. The molecule has 4 aromatic rings. The predicted octanol–water partition coefficient (Wildman–Crippen LogP) is 8.65. The SMILES string of the molecule is C=Cc1c(-c2cc3c(c(C)n2)C(C)CC3)cccc1-c1cccc(-c2cnc(CC)c(CC)n2)c1Cl. The van der Waals surface area contributed by atoms with Crippen LogP contribution in [0, 0.1) is 6.92 Å². The summed E-state index contributed by atoms with van der Waals surface area (Å²) in [7, 11) is 0. The molecule has 2 aromatic heterocycles. The van der Waals surface area contributed by atoms with E-state index in [0.717, 1.165) is 75.5 Å². The summed E-state index contributed by atoms with van der Waals surface area (Å²) in [6.07, 6.45) is 7.78. The first-order valence-corrected chi connectivity index (χ1v) is 13.2. The maximum Gasteiger partial charge on any atom is 0.0903 e. The molecule has 1 aliphatic carbocycles. The second-order valence-electron chi connectivity index (χ2n) is 9.60. The fourth-order valence-corrected chi connectivity index (χ4v) is 5.95. The van der Waals surface area contributed by atoms with E-state index in [4.69, 9.17) is 21.6 Å². The van der Waals surface area contributed by atoms with Crippen LogP contribution in [0.2, 0.25) is 5.02 Å². The zero-order valence-corrected chi connectivity index (χ0v) is 22.3. The Labute approximate surface area is 219 Å². The van der Waals surface area contributed by atoms with Gasteiger partial charge in [-0.1, -0.05) is 81.4 Å². The molecule has 0 N–H and O–H groups in total. The molecule has 4 heteroatoms. The van der Waals surface area contributed by atoms with Crippen molar-refractivity contribution in [1.29, 1.82) is 0 Å². The second-order valence-corrected chi connectivity index (χ2v) is 9.98. The van der Waals surface area contributed by atoms with Crippen LogP contribution in [-0.4, -0.2) is 15.0 Å². The van der Waals surface area contributed by atoms with Gasteiger partial charge in [-0.05, 0) is 66.8 Å². The van der Waals surface area contributed by atoms with E-state index < -0.39 is 0 Å². The first kappa shape index (κ1) is 24.4. The molecule has 1 aliphatic rings. The Morgan fingerprint density at radius 1 is 0.944 bits per heavy atom. The van der Waals surface area contributed by atoms with Gasteiger partial charge >= 0.3 is 0 Å². The van der Waals surface area contributed by atoms with Gasteiger partial charge in [0.1, 0.15) is 0 Å². The molecule has 0 saturated carbocycles. The van der Waals surface area contributed by atoms with Gasteiger partial charge < -0.3 is 0 Å². The van der Waals surface area contributed by atoms with Gasteiger partial charge in [0.2, 0.25) is 0 Å². The van der Waals surface area contributed by atoms with Crippen LogP contribution in [0.15, 0.2) is 55.2 Å². The number of benzene rings is 2. The van der Waals surface area contributed by atoms with E-state index >= 15 is 0 Å². The molecule has 5 rings (SSSR count). The van der Waals surface area contributed by atoms with E-state index in [1.54, 1.807) is 0 Å². The molecule has 182 valence electrons.